The summed E-state index contributed by atoms with van der Waals surface area (Å²) in [4.78, 5) is 4.27. The number of nitrogens with zero attached hydrogens (tertiary/aromatic N) is 1. The van der Waals surface area contributed by atoms with Crippen LogP contribution in [0.2, 0.25) is 0 Å². The van der Waals surface area contributed by atoms with Crippen molar-refractivity contribution in [2.75, 3.05) is 12.4 Å². The lowest BCUT2D eigenvalue weighted by atomic mass is 10.2. The number of halogens is 1. The first-order valence-electron chi connectivity index (χ1n) is 5.22. The summed E-state index contributed by atoms with van der Waals surface area (Å²) in [7, 11) is 1.66. The van der Waals surface area contributed by atoms with Crippen molar-refractivity contribution in [3.05, 3.63) is 46.6 Å². The summed E-state index contributed by atoms with van der Waals surface area (Å²) < 4.78 is 6.25. The van der Waals surface area contributed by atoms with E-state index in [2.05, 4.69) is 26.2 Å². The summed E-state index contributed by atoms with van der Waals surface area (Å²) >= 11 is 3.36. The van der Waals surface area contributed by atoms with Crippen LogP contribution in [0.4, 0.5) is 11.5 Å². The highest BCUT2D eigenvalue weighted by atomic mass is 79.9. The van der Waals surface area contributed by atoms with Crippen molar-refractivity contribution in [3.8, 4) is 5.75 Å². The van der Waals surface area contributed by atoms with E-state index in [0.29, 0.717) is 0 Å². The van der Waals surface area contributed by atoms with Gasteiger partial charge in [-0.05, 0) is 52.7 Å². The van der Waals surface area contributed by atoms with Crippen LogP contribution in [0.3, 0.4) is 0 Å². The Morgan fingerprint density at radius 2 is 2.06 bits per heavy atom. The Labute approximate surface area is 109 Å². The fourth-order valence-electron chi connectivity index (χ4n) is 1.51. The highest BCUT2D eigenvalue weighted by Crippen LogP contribution is 2.28. The van der Waals surface area contributed by atoms with Gasteiger partial charge in [-0.15, -0.1) is 0 Å². The minimum atomic E-state index is 0.789. The van der Waals surface area contributed by atoms with Crippen LogP contribution in [0, 0.1) is 6.92 Å². The smallest absolute Gasteiger partial charge is 0.142 e. The second-order valence-electron chi connectivity index (χ2n) is 3.69. The number of aryl methyl sites for hydroxylation is 1. The molecule has 1 aromatic carbocycles. The molecular formula is C13H13BrN2O. The number of ether oxygens (including phenoxy) is 1. The summed E-state index contributed by atoms with van der Waals surface area (Å²) in [6.07, 6.45) is 1.75. The molecule has 1 aromatic heterocycles. The molecule has 0 aliphatic carbocycles. The van der Waals surface area contributed by atoms with Crippen LogP contribution in [0.25, 0.3) is 0 Å². The first-order chi connectivity index (χ1) is 8.19. The largest absolute Gasteiger partial charge is 0.495 e. The van der Waals surface area contributed by atoms with E-state index in [9.17, 15) is 0 Å². The predicted molar refractivity (Wildman–Crippen MR) is 73.0 cm³/mol. The van der Waals surface area contributed by atoms with Crippen molar-refractivity contribution in [2.45, 2.75) is 6.92 Å². The van der Waals surface area contributed by atoms with Crippen molar-refractivity contribution in [1.82, 2.24) is 4.98 Å². The van der Waals surface area contributed by atoms with Gasteiger partial charge in [0, 0.05) is 10.7 Å². The lowest BCUT2D eigenvalue weighted by molar-refractivity contribution is 0.416. The monoisotopic (exact) mass is 292 g/mol. The molecule has 0 bridgehead atoms. The molecule has 1 heterocycles. The second kappa shape index (κ2) is 5.19. The van der Waals surface area contributed by atoms with Gasteiger partial charge in [0.1, 0.15) is 11.6 Å². The van der Waals surface area contributed by atoms with Gasteiger partial charge < -0.3 is 10.1 Å². The quantitative estimate of drug-likeness (QED) is 0.931. The lowest BCUT2D eigenvalue weighted by Gasteiger charge is -2.11. The number of nitrogens with one attached hydrogen (secondary N) is 1. The van der Waals surface area contributed by atoms with Gasteiger partial charge in [-0.2, -0.15) is 0 Å². The maximum Gasteiger partial charge on any atom is 0.142 e. The third-order valence-corrected chi connectivity index (χ3v) is 2.81. The Morgan fingerprint density at radius 3 is 2.71 bits per heavy atom. The minimum Gasteiger partial charge on any atom is -0.495 e. The van der Waals surface area contributed by atoms with Gasteiger partial charge >= 0.3 is 0 Å². The molecule has 88 valence electrons. The van der Waals surface area contributed by atoms with Gasteiger partial charge in [-0.3, -0.25) is 0 Å². The van der Waals surface area contributed by atoms with Crippen LogP contribution in [-0.4, -0.2) is 12.1 Å². The number of rotatable bonds is 3. The van der Waals surface area contributed by atoms with Gasteiger partial charge in [0.15, 0.2) is 0 Å². The molecule has 2 aromatic rings. The molecule has 2 rings (SSSR count). The molecule has 0 aliphatic heterocycles. The first-order valence-corrected chi connectivity index (χ1v) is 6.01. The SMILES string of the molecule is COc1ccc(C)cc1Nc1ccc(Br)cn1. The standard InChI is InChI=1S/C13H13BrN2O/c1-9-3-5-12(17-2)11(7-9)16-13-6-4-10(14)8-15-13/h3-8H,1-2H3,(H,15,16). The number of anilines is 2. The molecule has 0 spiro atoms. The molecule has 1 N–H and O–H groups in total. The van der Waals surface area contributed by atoms with Gasteiger partial charge in [-0.25, -0.2) is 4.98 Å². The van der Waals surface area contributed by atoms with E-state index in [0.717, 1.165) is 21.7 Å². The third-order valence-electron chi connectivity index (χ3n) is 2.35. The number of benzene rings is 1. The number of pyridine rings is 1. The van der Waals surface area contributed by atoms with Crippen LogP contribution in [0.1, 0.15) is 5.56 Å². The fourth-order valence-corrected chi connectivity index (χ4v) is 1.74. The summed E-state index contributed by atoms with van der Waals surface area (Å²) in [5.74, 6) is 1.59. The molecule has 0 amide bonds. The van der Waals surface area contributed by atoms with Gasteiger partial charge in [0.05, 0.1) is 12.8 Å². The maximum absolute atomic E-state index is 5.30. The van der Waals surface area contributed by atoms with E-state index >= 15 is 0 Å². The van der Waals surface area contributed by atoms with E-state index in [1.165, 1.54) is 5.56 Å². The summed E-state index contributed by atoms with van der Waals surface area (Å²) in [6, 6.07) is 9.83. The fraction of sp³-hybridized carbons (Fsp3) is 0.154. The van der Waals surface area contributed by atoms with Crippen molar-refractivity contribution in [2.24, 2.45) is 0 Å². The lowest BCUT2D eigenvalue weighted by Crippen LogP contribution is -1.96. The molecule has 17 heavy (non-hydrogen) atoms. The third kappa shape index (κ3) is 2.97. The highest BCUT2D eigenvalue weighted by molar-refractivity contribution is 9.10. The van der Waals surface area contributed by atoms with Crippen molar-refractivity contribution in [3.63, 3.8) is 0 Å². The van der Waals surface area contributed by atoms with Gasteiger partial charge in [0.25, 0.3) is 0 Å². The van der Waals surface area contributed by atoms with E-state index in [4.69, 9.17) is 4.74 Å². The molecule has 0 aliphatic rings. The molecule has 4 heteroatoms. The maximum atomic E-state index is 5.30. The molecule has 3 nitrogen and oxygen atoms in total. The van der Waals surface area contributed by atoms with E-state index in [1.54, 1.807) is 13.3 Å². The van der Waals surface area contributed by atoms with Gasteiger partial charge in [-0.1, -0.05) is 6.07 Å². The van der Waals surface area contributed by atoms with Crippen molar-refractivity contribution < 1.29 is 4.74 Å². The number of hydrogen-bond acceptors (Lipinski definition) is 3. The minimum absolute atomic E-state index is 0.789. The first kappa shape index (κ1) is 11.9. The topological polar surface area (TPSA) is 34.1 Å². The van der Waals surface area contributed by atoms with Crippen LogP contribution < -0.4 is 10.1 Å². The highest BCUT2D eigenvalue weighted by Gasteiger charge is 2.03. The molecule has 0 radical (unpaired) electrons. The van der Waals surface area contributed by atoms with Crippen LogP contribution in [-0.2, 0) is 0 Å². The number of aromatic nitrogens is 1. The van der Waals surface area contributed by atoms with E-state index in [-0.39, 0.29) is 0 Å². The van der Waals surface area contributed by atoms with Crippen LogP contribution >= 0.6 is 15.9 Å². The predicted octanol–water partition coefficient (Wildman–Crippen LogP) is 3.90. The summed E-state index contributed by atoms with van der Waals surface area (Å²) in [5.41, 5.74) is 2.09. The Balaban J connectivity index is 2.28. The van der Waals surface area contributed by atoms with Crippen molar-refractivity contribution in [1.29, 1.82) is 0 Å². The van der Waals surface area contributed by atoms with E-state index < -0.39 is 0 Å². The molecule has 0 atom stereocenters. The number of methoxy groups -OCH3 is 1. The molecule has 0 unspecified atom stereocenters. The number of hydrogen-bond donors (Lipinski definition) is 1. The summed E-state index contributed by atoms with van der Waals surface area (Å²) in [5, 5.41) is 3.23. The molecule has 0 saturated heterocycles. The average Bonchev–Trinajstić information content (AvgIpc) is 2.32. The van der Waals surface area contributed by atoms with Crippen LogP contribution in [0.5, 0.6) is 5.75 Å². The zero-order valence-electron chi connectivity index (χ0n) is 9.70. The summed E-state index contributed by atoms with van der Waals surface area (Å²) in [6.45, 7) is 2.04. The van der Waals surface area contributed by atoms with Crippen molar-refractivity contribution >= 4 is 27.4 Å². The normalized spacial score (nSPS) is 10.1. The zero-order valence-corrected chi connectivity index (χ0v) is 11.3. The zero-order chi connectivity index (χ0) is 12.3. The molecular weight excluding hydrogens is 280 g/mol. The Bertz CT molecular complexity index is 511. The second-order valence-corrected chi connectivity index (χ2v) is 4.61. The Morgan fingerprint density at radius 1 is 1.24 bits per heavy atom. The van der Waals surface area contributed by atoms with Crippen LogP contribution in [0.15, 0.2) is 41.0 Å². The van der Waals surface area contributed by atoms with E-state index in [1.807, 2.05) is 37.3 Å². The Hall–Kier alpha value is -1.55. The average molecular weight is 293 g/mol. The Kier molecular flexibility index (Phi) is 3.64. The molecule has 0 fully saturated rings. The van der Waals surface area contributed by atoms with Gasteiger partial charge in [0.2, 0.25) is 0 Å². The molecule has 0 saturated carbocycles.